The fraction of sp³-hybridized carbons (Fsp3) is 0.542. The number of halogens is 1. The van der Waals surface area contributed by atoms with Crippen molar-refractivity contribution in [1.29, 1.82) is 0 Å². The van der Waals surface area contributed by atoms with Gasteiger partial charge in [0.05, 0.1) is 36.7 Å². The fourth-order valence-electron chi connectivity index (χ4n) is 5.99. The van der Waals surface area contributed by atoms with Crippen LogP contribution in [0.5, 0.6) is 0 Å². The minimum atomic E-state index is -1.22. The first-order valence-electron chi connectivity index (χ1n) is 12.0. The molecule has 3 aliphatic heterocycles. The van der Waals surface area contributed by atoms with Crippen LogP contribution in [0.15, 0.2) is 36.9 Å². The van der Waals surface area contributed by atoms with Gasteiger partial charge < -0.3 is 24.4 Å². The average Bonchev–Trinajstić information content (AvgIpc) is 3.57. The first-order chi connectivity index (χ1) is 17.4. The van der Waals surface area contributed by atoms with Crippen LogP contribution in [0.4, 0.5) is 0 Å². The Morgan fingerprint density at radius 3 is 2.92 bits per heavy atom. The van der Waals surface area contributed by atoms with E-state index in [1.807, 2.05) is 24.3 Å². The molecule has 6 atom stereocenters. The number of rotatable bonds is 9. The summed E-state index contributed by atoms with van der Waals surface area (Å²) in [5.41, 5.74) is 0.229. The SMILES string of the molecule is C=CCN(Cn1nnc2ccccc21)C(=O)C1N(CCO)C(=O)[C@@H]2[C@@H](C(=O)OCC)[C@@H]3OC12CC3Br. The molecule has 4 heterocycles. The number of nitrogens with zero attached hydrogens (tertiary/aromatic N) is 5. The van der Waals surface area contributed by atoms with Crippen LogP contribution in [-0.2, 0) is 30.5 Å². The highest BCUT2D eigenvalue weighted by molar-refractivity contribution is 9.09. The second kappa shape index (κ2) is 9.56. The summed E-state index contributed by atoms with van der Waals surface area (Å²) in [6.45, 7) is 5.54. The number of amides is 2. The van der Waals surface area contributed by atoms with Crippen molar-refractivity contribution in [3.05, 3.63) is 36.9 Å². The van der Waals surface area contributed by atoms with Gasteiger partial charge in [0, 0.05) is 17.9 Å². The zero-order chi connectivity index (χ0) is 25.6. The van der Waals surface area contributed by atoms with Gasteiger partial charge >= 0.3 is 5.97 Å². The lowest BCUT2D eigenvalue weighted by Gasteiger charge is -2.36. The summed E-state index contributed by atoms with van der Waals surface area (Å²) in [5.74, 6) is -2.97. The van der Waals surface area contributed by atoms with Crippen molar-refractivity contribution in [1.82, 2.24) is 24.8 Å². The Labute approximate surface area is 216 Å². The third-order valence-corrected chi connectivity index (χ3v) is 8.15. The van der Waals surface area contributed by atoms with Gasteiger partial charge in [-0.1, -0.05) is 39.4 Å². The number of β-amino-alcohol motifs (C(OH)–C–C–N with tert-alkyl or cyclic N) is 1. The molecule has 36 heavy (non-hydrogen) atoms. The minimum Gasteiger partial charge on any atom is -0.466 e. The number of carbonyl (C=O) groups excluding carboxylic acids is 3. The molecule has 3 fully saturated rings. The molecule has 1 aromatic heterocycles. The van der Waals surface area contributed by atoms with Crippen molar-refractivity contribution in [2.24, 2.45) is 11.8 Å². The van der Waals surface area contributed by atoms with Gasteiger partial charge in [0.1, 0.15) is 23.8 Å². The number of aliphatic hydroxyl groups is 1. The summed E-state index contributed by atoms with van der Waals surface area (Å²) in [7, 11) is 0. The summed E-state index contributed by atoms with van der Waals surface area (Å²) < 4.78 is 13.3. The van der Waals surface area contributed by atoms with Crippen LogP contribution < -0.4 is 0 Å². The first kappa shape index (κ1) is 24.8. The highest BCUT2D eigenvalue weighted by Crippen LogP contribution is 2.60. The number of aromatic nitrogens is 3. The lowest BCUT2D eigenvalue weighted by atomic mass is 9.70. The number of carbonyl (C=O) groups is 3. The molecule has 3 aliphatic rings. The number of alkyl halides is 1. The lowest BCUT2D eigenvalue weighted by molar-refractivity contribution is -0.155. The van der Waals surface area contributed by atoms with Gasteiger partial charge in [-0.25, -0.2) is 4.68 Å². The Kier molecular flexibility index (Phi) is 6.60. The molecule has 1 spiro atoms. The number of esters is 1. The maximum atomic E-state index is 14.2. The molecule has 1 N–H and O–H groups in total. The summed E-state index contributed by atoms with van der Waals surface area (Å²) in [6.07, 6.45) is 1.38. The first-order valence-corrected chi connectivity index (χ1v) is 12.9. The van der Waals surface area contributed by atoms with Crippen molar-refractivity contribution in [3.8, 4) is 0 Å². The smallest absolute Gasteiger partial charge is 0.312 e. The number of aliphatic hydroxyl groups excluding tert-OH is 1. The van der Waals surface area contributed by atoms with Crippen molar-refractivity contribution >= 4 is 44.7 Å². The Hall–Kier alpha value is -2.83. The number of hydrogen-bond donors (Lipinski definition) is 1. The second-order valence-electron chi connectivity index (χ2n) is 9.24. The molecule has 2 aromatic rings. The van der Waals surface area contributed by atoms with Crippen LogP contribution in [0.2, 0.25) is 0 Å². The standard InChI is InChI=1S/C24H28BrN5O6/c1-3-9-28(13-30-16-8-6-5-7-15(16)26-27-30)22(33)20-24-12-14(25)19(36-24)17(23(34)35-4-2)18(24)21(32)29(20)10-11-31/h3,5-8,14,17-20,31H,1,4,9-13H2,2H3/t14?,17-,18+,19-,20?,24?/m1/s1. The molecule has 3 saturated heterocycles. The summed E-state index contributed by atoms with van der Waals surface area (Å²) in [6, 6.07) is 6.38. The second-order valence-corrected chi connectivity index (χ2v) is 10.4. The molecule has 0 aliphatic carbocycles. The Morgan fingerprint density at radius 2 is 2.19 bits per heavy atom. The molecular formula is C24H28BrN5O6. The summed E-state index contributed by atoms with van der Waals surface area (Å²) >= 11 is 3.61. The maximum absolute atomic E-state index is 14.2. The molecule has 0 saturated carbocycles. The van der Waals surface area contributed by atoms with E-state index in [1.54, 1.807) is 17.7 Å². The molecule has 192 valence electrons. The minimum absolute atomic E-state index is 0.0573. The third kappa shape index (κ3) is 3.65. The largest absolute Gasteiger partial charge is 0.466 e. The molecule has 11 nitrogen and oxygen atoms in total. The Bertz CT molecular complexity index is 1200. The van der Waals surface area contributed by atoms with E-state index in [9.17, 15) is 19.5 Å². The predicted octanol–water partition coefficient (Wildman–Crippen LogP) is 0.707. The molecule has 0 radical (unpaired) electrons. The van der Waals surface area contributed by atoms with E-state index in [2.05, 4.69) is 32.8 Å². The molecule has 12 heteroatoms. The number of hydrogen-bond acceptors (Lipinski definition) is 8. The molecule has 2 amide bonds. The van der Waals surface area contributed by atoms with E-state index in [-0.39, 0.29) is 49.6 Å². The number of likely N-dealkylation sites (tertiary alicyclic amines) is 1. The van der Waals surface area contributed by atoms with Gasteiger partial charge in [-0.2, -0.15) is 0 Å². The maximum Gasteiger partial charge on any atom is 0.312 e. The van der Waals surface area contributed by atoms with Gasteiger partial charge in [-0.15, -0.1) is 11.7 Å². The van der Waals surface area contributed by atoms with Crippen LogP contribution in [0.3, 0.4) is 0 Å². The predicted molar refractivity (Wildman–Crippen MR) is 131 cm³/mol. The van der Waals surface area contributed by atoms with Gasteiger partial charge in [0.25, 0.3) is 0 Å². The van der Waals surface area contributed by atoms with Gasteiger partial charge in [-0.05, 0) is 25.5 Å². The molecule has 3 unspecified atom stereocenters. The van der Waals surface area contributed by atoms with E-state index in [0.29, 0.717) is 11.9 Å². The Balaban J connectivity index is 1.52. The van der Waals surface area contributed by atoms with Crippen molar-refractivity contribution in [2.45, 2.75) is 42.6 Å². The topological polar surface area (TPSA) is 127 Å². The number of para-hydroxylation sites is 1. The summed E-state index contributed by atoms with van der Waals surface area (Å²) in [4.78, 5) is 43.4. The fourth-order valence-corrected chi connectivity index (χ4v) is 6.94. The van der Waals surface area contributed by atoms with Gasteiger partial charge in [0.2, 0.25) is 11.8 Å². The highest BCUT2D eigenvalue weighted by atomic mass is 79.9. The molecule has 2 bridgehead atoms. The van der Waals surface area contributed by atoms with E-state index in [4.69, 9.17) is 9.47 Å². The van der Waals surface area contributed by atoms with Crippen LogP contribution in [-0.4, -0.2) is 96.6 Å². The van der Waals surface area contributed by atoms with Crippen LogP contribution >= 0.6 is 15.9 Å². The third-order valence-electron chi connectivity index (χ3n) is 7.31. The van der Waals surface area contributed by atoms with Crippen molar-refractivity contribution in [2.75, 3.05) is 26.3 Å². The average molecular weight is 562 g/mol. The summed E-state index contributed by atoms with van der Waals surface area (Å²) in [5, 5.41) is 18.1. The van der Waals surface area contributed by atoms with E-state index < -0.39 is 35.6 Å². The van der Waals surface area contributed by atoms with Gasteiger partial charge in [0.15, 0.2) is 0 Å². The van der Waals surface area contributed by atoms with Crippen LogP contribution in [0.25, 0.3) is 11.0 Å². The van der Waals surface area contributed by atoms with Crippen LogP contribution in [0, 0.1) is 11.8 Å². The van der Waals surface area contributed by atoms with Crippen molar-refractivity contribution in [3.63, 3.8) is 0 Å². The zero-order valence-corrected chi connectivity index (χ0v) is 21.4. The number of ether oxygens (including phenoxy) is 2. The Morgan fingerprint density at radius 1 is 1.42 bits per heavy atom. The number of benzene rings is 1. The monoisotopic (exact) mass is 561 g/mol. The molecule has 5 rings (SSSR count). The van der Waals surface area contributed by atoms with E-state index in [1.165, 1.54) is 9.80 Å². The molecule has 1 aromatic carbocycles. The normalized spacial score (nSPS) is 30.6. The van der Waals surface area contributed by atoms with E-state index in [0.717, 1.165) is 5.52 Å². The number of fused-ring (bicyclic) bond motifs is 2. The highest BCUT2D eigenvalue weighted by Gasteiger charge is 2.77. The lowest BCUT2D eigenvalue weighted by Crippen LogP contribution is -2.57. The zero-order valence-electron chi connectivity index (χ0n) is 19.8. The van der Waals surface area contributed by atoms with Crippen molar-refractivity contribution < 1.29 is 29.0 Å². The van der Waals surface area contributed by atoms with E-state index >= 15 is 0 Å². The van der Waals surface area contributed by atoms with Crippen LogP contribution in [0.1, 0.15) is 13.3 Å². The van der Waals surface area contributed by atoms with Gasteiger partial charge in [-0.3, -0.25) is 14.4 Å². The quantitative estimate of drug-likeness (QED) is 0.269. The molecular weight excluding hydrogens is 534 g/mol.